The predicted molar refractivity (Wildman–Crippen MR) is 141 cm³/mol. The first-order valence-corrected chi connectivity index (χ1v) is 12.0. The van der Waals surface area contributed by atoms with Gasteiger partial charge in [0.05, 0.1) is 24.1 Å². The summed E-state index contributed by atoms with van der Waals surface area (Å²) in [6, 6.07) is 26.9. The van der Waals surface area contributed by atoms with Crippen LogP contribution in [0, 0.1) is 0 Å². The van der Waals surface area contributed by atoms with E-state index in [1.807, 2.05) is 89.5 Å². The van der Waals surface area contributed by atoms with Gasteiger partial charge in [0, 0.05) is 11.3 Å². The van der Waals surface area contributed by atoms with Crippen molar-refractivity contribution in [3.05, 3.63) is 95.5 Å². The molecule has 0 saturated heterocycles. The third kappa shape index (κ3) is 6.59. The lowest BCUT2D eigenvalue weighted by Crippen LogP contribution is -2.19. The molecule has 0 radical (unpaired) electrons. The number of para-hydroxylation sites is 1. The molecule has 0 fully saturated rings. The number of halogens is 1. The second-order valence-electron chi connectivity index (χ2n) is 7.23. The average Bonchev–Trinajstić information content (AvgIpc) is 3.32. The number of ether oxygens (including phenoxy) is 1. The van der Waals surface area contributed by atoms with Gasteiger partial charge in [-0.25, -0.2) is 5.43 Å². The zero-order valence-corrected chi connectivity index (χ0v) is 20.4. The fourth-order valence-corrected chi connectivity index (χ4v) is 4.09. The van der Waals surface area contributed by atoms with E-state index in [4.69, 9.17) is 16.3 Å². The maximum absolute atomic E-state index is 12.4. The van der Waals surface area contributed by atoms with Crippen LogP contribution in [0.4, 0.5) is 0 Å². The van der Waals surface area contributed by atoms with Crippen molar-refractivity contribution in [3.8, 4) is 22.8 Å². The Bertz CT molecular complexity index is 1320. The van der Waals surface area contributed by atoms with E-state index in [9.17, 15) is 4.79 Å². The number of carbonyl (C=O) groups excluding carboxylic acids is 1. The molecule has 7 nitrogen and oxygen atoms in total. The minimum atomic E-state index is -0.288. The zero-order chi connectivity index (χ0) is 24.5. The number of methoxy groups -OCH3 is 1. The van der Waals surface area contributed by atoms with Gasteiger partial charge < -0.3 is 4.74 Å². The van der Waals surface area contributed by atoms with E-state index in [2.05, 4.69) is 20.7 Å². The van der Waals surface area contributed by atoms with Gasteiger partial charge in [0.25, 0.3) is 5.91 Å². The van der Waals surface area contributed by atoms with Gasteiger partial charge in [-0.1, -0.05) is 71.9 Å². The van der Waals surface area contributed by atoms with Crippen molar-refractivity contribution in [2.45, 2.75) is 5.16 Å². The number of thioether (sulfide) groups is 1. The summed E-state index contributed by atoms with van der Waals surface area (Å²) in [5.74, 6) is 1.23. The molecular formula is C26H22ClN5O2S. The van der Waals surface area contributed by atoms with Gasteiger partial charge in [0.2, 0.25) is 0 Å². The van der Waals surface area contributed by atoms with Crippen LogP contribution in [0.2, 0.25) is 0 Å². The van der Waals surface area contributed by atoms with E-state index in [1.54, 1.807) is 13.2 Å². The first kappa shape index (κ1) is 24.3. The third-order valence-corrected chi connectivity index (χ3v) is 5.95. The van der Waals surface area contributed by atoms with Crippen molar-refractivity contribution in [2.75, 3.05) is 12.9 Å². The molecule has 35 heavy (non-hydrogen) atoms. The van der Waals surface area contributed by atoms with Crippen LogP contribution in [0.1, 0.15) is 5.56 Å². The normalized spacial score (nSPS) is 11.5. The second-order valence-corrected chi connectivity index (χ2v) is 8.61. The number of nitrogens with zero attached hydrogens (tertiary/aromatic N) is 4. The Morgan fingerprint density at radius 3 is 2.40 bits per heavy atom. The highest BCUT2D eigenvalue weighted by atomic mass is 35.5. The molecule has 1 amide bonds. The number of hydrogen-bond donors (Lipinski definition) is 1. The Hall–Kier alpha value is -3.88. The molecule has 1 aromatic heterocycles. The van der Waals surface area contributed by atoms with Crippen LogP contribution in [-0.2, 0) is 4.79 Å². The number of nitrogens with one attached hydrogen (secondary N) is 1. The predicted octanol–water partition coefficient (Wildman–Crippen LogP) is 5.42. The highest BCUT2D eigenvalue weighted by molar-refractivity contribution is 7.99. The number of amides is 1. The van der Waals surface area contributed by atoms with Crippen molar-refractivity contribution < 1.29 is 9.53 Å². The minimum Gasteiger partial charge on any atom is -0.497 e. The van der Waals surface area contributed by atoms with Gasteiger partial charge in [-0.2, -0.15) is 5.10 Å². The maximum Gasteiger partial charge on any atom is 0.250 e. The Morgan fingerprint density at radius 1 is 1.03 bits per heavy atom. The van der Waals surface area contributed by atoms with Crippen LogP contribution in [0.15, 0.2) is 100 Å². The Morgan fingerprint density at radius 2 is 1.71 bits per heavy atom. The maximum atomic E-state index is 12.4. The number of carbonyl (C=O) groups is 1. The molecule has 1 heterocycles. The number of allylic oxidation sites excluding steroid dienone is 1. The van der Waals surface area contributed by atoms with Crippen molar-refractivity contribution in [2.24, 2.45) is 5.10 Å². The number of aromatic nitrogens is 3. The molecule has 4 aromatic rings. The monoisotopic (exact) mass is 503 g/mol. The summed E-state index contributed by atoms with van der Waals surface area (Å²) in [5.41, 5.74) is 5.20. The van der Waals surface area contributed by atoms with E-state index < -0.39 is 0 Å². The van der Waals surface area contributed by atoms with Crippen LogP contribution in [-0.4, -0.2) is 39.7 Å². The summed E-state index contributed by atoms with van der Waals surface area (Å²) in [6.07, 6.45) is 3.15. The zero-order valence-electron chi connectivity index (χ0n) is 18.8. The number of rotatable bonds is 9. The molecule has 1 N–H and O–H groups in total. The van der Waals surface area contributed by atoms with E-state index in [1.165, 1.54) is 18.0 Å². The molecule has 0 spiro atoms. The highest BCUT2D eigenvalue weighted by Crippen LogP contribution is 2.28. The lowest BCUT2D eigenvalue weighted by molar-refractivity contribution is -0.118. The quantitative estimate of drug-likeness (QED) is 0.187. The summed E-state index contributed by atoms with van der Waals surface area (Å²) in [6.45, 7) is 0. The summed E-state index contributed by atoms with van der Waals surface area (Å²) >= 11 is 7.43. The molecule has 9 heteroatoms. The van der Waals surface area contributed by atoms with Crippen LogP contribution in [0.3, 0.4) is 0 Å². The Labute approximate surface area is 212 Å². The van der Waals surface area contributed by atoms with Gasteiger partial charge in [0.1, 0.15) is 5.75 Å². The first-order chi connectivity index (χ1) is 17.1. The second kappa shape index (κ2) is 12.0. The fraction of sp³-hybridized carbons (Fsp3) is 0.0769. The van der Waals surface area contributed by atoms with Gasteiger partial charge >= 0.3 is 0 Å². The highest BCUT2D eigenvalue weighted by Gasteiger charge is 2.17. The lowest BCUT2D eigenvalue weighted by Gasteiger charge is -2.10. The SMILES string of the molecule is COc1ccc(-c2nnc(SCC(=O)N/N=C\C(Cl)=C\c3ccccc3)n2-c2ccccc2)cc1. The van der Waals surface area contributed by atoms with E-state index >= 15 is 0 Å². The molecule has 0 bridgehead atoms. The molecule has 4 rings (SSSR count). The summed E-state index contributed by atoms with van der Waals surface area (Å²) in [5, 5.41) is 13.6. The number of hydrogen-bond acceptors (Lipinski definition) is 6. The minimum absolute atomic E-state index is 0.102. The molecule has 0 aliphatic rings. The topological polar surface area (TPSA) is 81.4 Å². The summed E-state index contributed by atoms with van der Waals surface area (Å²) < 4.78 is 7.17. The third-order valence-electron chi connectivity index (χ3n) is 4.81. The van der Waals surface area contributed by atoms with Crippen LogP contribution in [0.25, 0.3) is 23.2 Å². The summed E-state index contributed by atoms with van der Waals surface area (Å²) in [7, 11) is 1.62. The van der Waals surface area contributed by atoms with E-state index in [-0.39, 0.29) is 11.7 Å². The molecule has 0 saturated carbocycles. The smallest absolute Gasteiger partial charge is 0.250 e. The largest absolute Gasteiger partial charge is 0.497 e. The molecule has 176 valence electrons. The van der Waals surface area contributed by atoms with E-state index in [0.29, 0.717) is 16.0 Å². The first-order valence-electron chi connectivity index (χ1n) is 10.7. The van der Waals surface area contributed by atoms with Crippen LogP contribution in [0.5, 0.6) is 5.75 Å². The molecule has 0 unspecified atom stereocenters. The van der Waals surface area contributed by atoms with Gasteiger partial charge in [-0.3, -0.25) is 9.36 Å². The van der Waals surface area contributed by atoms with Crippen molar-refractivity contribution >= 4 is 41.6 Å². The van der Waals surface area contributed by atoms with Crippen LogP contribution >= 0.6 is 23.4 Å². The van der Waals surface area contributed by atoms with Crippen molar-refractivity contribution in [1.29, 1.82) is 0 Å². The average molecular weight is 504 g/mol. The van der Waals surface area contributed by atoms with Gasteiger partial charge in [0.15, 0.2) is 11.0 Å². The molecule has 0 atom stereocenters. The number of benzene rings is 3. The standard InChI is InChI=1S/C26H22ClN5O2S/c1-34-23-14-12-20(13-15-23)25-30-31-26(32(25)22-10-6-3-7-11-22)35-18-24(33)29-28-17-21(27)16-19-8-4-2-5-9-19/h2-17H,18H2,1H3,(H,29,33)/b21-16-,28-17-. The fourth-order valence-electron chi connectivity index (χ4n) is 3.17. The van der Waals surface area contributed by atoms with Gasteiger partial charge in [-0.15, -0.1) is 10.2 Å². The lowest BCUT2D eigenvalue weighted by atomic mass is 10.2. The molecule has 0 aliphatic heterocycles. The molecule has 0 aliphatic carbocycles. The Balaban J connectivity index is 1.45. The van der Waals surface area contributed by atoms with Gasteiger partial charge in [-0.05, 0) is 48.0 Å². The van der Waals surface area contributed by atoms with Crippen molar-refractivity contribution in [3.63, 3.8) is 0 Å². The molecule has 3 aromatic carbocycles. The Kier molecular flexibility index (Phi) is 8.32. The molecular weight excluding hydrogens is 482 g/mol. The van der Waals surface area contributed by atoms with Crippen molar-refractivity contribution in [1.82, 2.24) is 20.2 Å². The van der Waals surface area contributed by atoms with Crippen LogP contribution < -0.4 is 10.2 Å². The van der Waals surface area contributed by atoms with E-state index in [0.717, 1.165) is 22.6 Å². The number of hydrazone groups is 1. The summed E-state index contributed by atoms with van der Waals surface area (Å²) in [4.78, 5) is 12.4.